The van der Waals surface area contributed by atoms with Crippen molar-refractivity contribution in [2.24, 2.45) is 0 Å². The van der Waals surface area contributed by atoms with E-state index >= 15 is 0 Å². The summed E-state index contributed by atoms with van der Waals surface area (Å²) in [5.74, 6) is -0.0899. The van der Waals surface area contributed by atoms with Crippen LogP contribution in [0.2, 0.25) is 0 Å². The molecule has 0 saturated carbocycles. The number of aromatic nitrogens is 3. The first kappa shape index (κ1) is 13.9. The van der Waals surface area contributed by atoms with E-state index in [4.69, 9.17) is 0 Å². The molecule has 0 aliphatic heterocycles. The number of carbonyl (C=O) groups excluding carboxylic acids is 2. The summed E-state index contributed by atoms with van der Waals surface area (Å²) in [5, 5.41) is 7.33. The van der Waals surface area contributed by atoms with Gasteiger partial charge in [-0.05, 0) is 12.5 Å². The van der Waals surface area contributed by atoms with E-state index in [-0.39, 0.29) is 18.1 Å². The molecule has 0 bridgehead atoms. The first-order valence-electron chi connectivity index (χ1n) is 6.23. The molecule has 0 atom stereocenters. The number of nitrogens with zero attached hydrogens (tertiary/aromatic N) is 4. The van der Waals surface area contributed by atoms with Crippen LogP contribution in [0.15, 0.2) is 30.5 Å². The van der Waals surface area contributed by atoms with Crippen molar-refractivity contribution in [1.82, 2.24) is 19.9 Å². The van der Waals surface area contributed by atoms with E-state index in [9.17, 15) is 9.59 Å². The average molecular weight is 272 g/mol. The SMILES string of the molecule is Cc1ccc(CN(C)C(=O)Cn2cc(C=O)nn2)cc1. The lowest BCUT2D eigenvalue weighted by molar-refractivity contribution is -0.131. The summed E-state index contributed by atoms with van der Waals surface area (Å²) in [7, 11) is 1.74. The van der Waals surface area contributed by atoms with E-state index < -0.39 is 0 Å². The minimum absolute atomic E-state index is 0.0726. The topological polar surface area (TPSA) is 68.1 Å². The summed E-state index contributed by atoms with van der Waals surface area (Å²) in [5.41, 5.74) is 2.48. The maximum atomic E-state index is 12.0. The van der Waals surface area contributed by atoms with Gasteiger partial charge in [-0.15, -0.1) is 5.10 Å². The van der Waals surface area contributed by atoms with Gasteiger partial charge in [-0.1, -0.05) is 35.0 Å². The summed E-state index contributed by atoms with van der Waals surface area (Å²) < 4.78 is 1.36. The molecule has 6 heteroatoms. The molecule has 1 amide bonds. The van der Waals surface area contributed by atoms with Crippen molar-refractivity contribution >= 4 is 12.2 Å². The average Bonchev–Trinajstić information content (AvgIpc) is 2.89. The molecule has 0 saturated heterocycles. The second kappa shape index (κ2) is 6.10. The van der Waals surface area contributed by atoms with Gasteiger partial charge in [-0.25, -0.2) is 4.68 Å². The van der Waals surface area contributed by atoms with E-state index in [1.54, 1.807) is 11.9 Å². The molecule has 0 N–H and O–H groups in total. The number of rotatable bonds is 5. The van der Waals surface area contributed by atoms with Gasteiger partial charge in [0.05, 0.1) is 6.20 Å². The number of likely N-dealkylation sites (N-methyl/N-ethyl adjacent to an activating group) is 1. The molecule has 104 valence electrons. The standard InChI is InChI=1S/C14H16N4O2/c1-11-3-5-12(6-4-11)7-17(2)14(20)9-18-8-13(10-19)15-16-18/h3-6,8,10H,7,9H2,1-2H3. The molecule has 1 aromatic heterocycles. The normalized spacial score (nSPS) is 10.3. The molecule has 0 radical (unpaired) electrons. The Hall–Kier alpha value is -2.50. The molecular formula is C14H16N4O2. The highest BCUT2D eigenvalue weighted by molar-refractivity contribution is 5.76. The Morgan fingerprint density at radius 1 is 1.35 bits per heavy atom. The van der Waals surface area contributed by atoms with E-state index in [1.807, 2.05) is 31.2 Å². The minimum Gasteiger partial charge on any atom is -0.340 e. The van der Waals surface area contributed by atoms with Crippen molar-refractivity contribution in [1.29, 1.82) is 0 Å². The molecule has 0 aliphatic carbocycles. The zero-order valence-electron chi connectivity index (χ0n) is 11.5. The monoisotopic (exact) mass is 272 g/mol. The van der Waals surface area contributed by atoms with Gasteiger partial charge < -0.3 is 4.90 Å². The molecule has 0 fully saturated rings. The second-order valence-electron chi connectivity index (χ2n) is 4.69. The highest BCUT2D eigenvalue weighted by Crippen LogP contribution is 2.06. The van der Waals surface area contributed by atoms with Crippen molar-refractivity contribution in [3.8, 4) is 0 Å². The fourth-order valence-electron chi connectivity index (χ4n) is 1.76. The number of hydrogen-bond acceptors (Lipinski definition) is 4. The van der Waals surface area contributed by atoms with E-state index in [0.29, 0.717) is 12.8 Å². The first-order chi connectivity index (χ1) is 9.58. The molecule has 2 rings (SSSR count). The first-order valence-corrected chi connectivity index (χ1v) is 6.23. The molecule has 20 heavy (non-hydrogen) atoms. The van der Waals surface area contributed by atoms with Crippen molar-refractivity contribution in [3.63, 3.8) is 0 Å². The van der Waals surface area contributed by atoms with Gasteiger partial charge in [0.15, 0.2) is 6.29 Å². The maximum Gasteiger partial charge on any atom is 0.244 e. The quantitative estimate of drug-likeness (QED) is 0.763. The number of benzene rings is 1. The molecular weight excluding hydrogens is 256 g/mol. The van der Waals surface area contributed by atoms with Crippen LogP contribution in [0.1, 0.15) is 21.6 Å². The zero-order valence-corrected chi connectivity index (χ0v) is 11.5. The molecule has 2 aromatic rings. The van der Waals surface area contributed by atoms with Crippen molar-refractivity contribution in [2.45, 2.75) is 20.0 Å². The number of carbonyl (C=O) groups is 2. The van der Waals surface area contributed by atoms with Gasteiger partial charge in [0.25, 0.3) is 0 Å². The molecule has 6 nitrogen and oxygen atoms in total. The zero-order chi connectivity index (χ0) is 14.5. The van der Waals surface area contributed by atoms with Crippen molar-refractivity contribution in [2.75, 3.05) is 7.05 Å². The van der Waals surface area contributed by atoms with Gasteiger partial charge >= 0.3 is 0 Å². The van der Waals surface area contributed by atoms with Crippen LogP contribution in [0.3, 0.4) is 0 Å². The van der Waals surface area contributed by atoms with Gasteiger partial charge in [0.2, 0.25) is 5.91 Å². The maximum absolute atomic E-state index is 12.0. The Labute approximate surface area is 117 Å². The Morgan fingerprint density at radius 3 is 2.65 bits per heavy atom. The third-order valence-corrected chi connectivity index (χ3v) is 2.94. The predicted octanol–water partition coefficient (Wildman–Crippen LogP) is 1.06. The van der Waals surface area contributed by atoms with Crippen molar-refractivity contribution in [3.05, 3.63) is 47.3 Å². The molecule has 0 unspecified atom stereocenters. The summed E-state index contributed by atoms with van der Waals surface area (Å²) in [6.45, 7) is 2.63. The van der Waals surface area contributed by atoms with Crippen LogP contribution >= 0.6 is 0 Å². The van der Waals surface area contributed by atoms with Crippen molar-refractivity contribution < 1.29 is 9.59 Å². The minimum atomic E-state index is -0.0899. The smallest absolute Gasteiger partial charge is 0.244 e. The number of hydrogen-bond donors (Lipinski definition) is 0. The Kier molecular flexibility index (Phi) is 4.24. The van der Waals surface area contributed by atoms with Crippen LogP contribution in [0.25, 0.3) is 0 Å². The van der Waals surface area contributed by atoms with Gasteiger partial charge in [0.1, 0.15) is 12.2 Å². The third-order valence-electron chi connectivity index (χ3n) is 2.94. The Bertz CT molecular complexity index is 604. The van der Waals surface area contributed by atoms with Crippen LogP contribution in [0.5, 0.6) is 0 Å². The van der Waals surface area contributed by atoms with Gasteiger partial charge in [0, 0.05) is 13.6 Å². The van der Waals surface area contributed by atoms with E-state index in [0.717, 1.165) is 5.56 Å². The second-order valence-corrected chi connectivity index (χ2v) is 4.69. The lowest BCUT2D eigenvalue weighted by Gasteiger charge is -2.17. The van der Waals surface area contributed by atoms with Crippen LogP contribution < -0.4 is 0 Å². The summed E-state index contributed by atoms with van der Waals surface area (Å²) in [4.78, 5) is 24.1. The Balaban J connectivity index is 1.94. The predicted molar refractivity (Wildman–Crippen MR) is 73.1 cm³/mol. The Morgan fingerprint density at radius 2 is 2.05 bits per heavy atom. The highest BCUT2D eigenvalue weighted by atomic mass is 16.2. The van der Waals surface area contributed by atoms with E-state index in [2.05, 4.69) is 10.3 Å². The van der Waals surface area contributed by atoms with Crippen LogP contribution in [0.4, 0.5) is 0 Å². The summed E-state index contributed by atoms with van der Waals surface area (Å²) in [6.07, 6.45) is 2.05. The van der Waals surface area contributed by atoms with Crippen LogP contribution in [0, 0.1) is 6.92 Å². The number of amides is 1. The fourth-order valence-corrected chi connectivity index (χ4v) is 1.76. The molecule has 1 heterocycles. The van der Waals surface area contributed by atoms with Gasteiger partial charge in [-0.2, -0.15) is 0 Å². The largest absolute Gasteiger partial charge is 0.340 e. The third kappa shape index (κ3) is 3.50. The molecule has 0 aliphatic rings. The number of aldehydes is 1. The van der Waals surface area contributed by atoms with Gasteiger partial charge in [-0.3, -0.25) is 9.59 Å². The number of aryl methyl sites for hydroxylation is 1. The van der Waals surface area contributed by atoms with Crippen LogP contribution in [-0.4, -0.2) is 39.1 Å². The molecule has 1 aromatic carbocycles. The fraction of sp³-hybridized carbons (Fsp3) is 0.286. The summed E-state index contributed by atoms with van der Waals surface area (Å²) >= 11 is 0. The summed E-state index contributed by atoms with van der Waals surface area (Å²) in [6, 6.07) is 8.03. The molecule has 0 spiro atoms. The lowest BCUT2D eigenvalue weighted by Crippen LogP contribution is -2.30. The highest BCUT2D eigenvalue weighted by Gasteiger charge is 2.11. The lowest BCUT2D eigenvalue weighted by atomic mass is 10.1. The van der Waals surface area contributed by atoms with E-state index in [1.165, 1.54) is 16.4 Å². The van der Waals surface area contributed by atoms with Crippen LogP contribution in [-0.2, 0) is 17.9 Å².